The van der Waals surface area contributed by atoms with Gasteiger partial charge < -0.3 is 5.32 Å². The Morgan fingerprint density at radius 3 is 2.88 bits per heavy atom. The van der Waals surface area contributed by atoms with Crippen molar-refractivity contribution in [3.8, 4) is 0 Å². The number of hydrogen-bond donors (Lipinski definition) is 1. The number of piperidine rings is 1. The minimum absolute atomic E-state index is 0.0260. The highest BCUT2D eigenvalue weighted by Gasteiger charge is 2.17. The van der Waals surface area contributed by atoms with Crippen molar-refractivity contribution in [2.75, 3.05) is 19.6 Å². The summed E-state index contributed by atoms with van der Waals surface area (Å²) in [6, 6.07) is 7.74. The molecule has 1 aromatic carbocycles. The smallest absolute Gasteiger partial charge is 0.263 e. The number of rotatable bonds is 6. The predicted octanol–water partition coefficient (Wildman–Crippen LogP) is 4.06. The molecule has 1 aliphatic rings. The highest BCUT2D eigenvalue weighted by atomic mass is 35.5. The molecular formula is C19H24ClN3OS. The minimum Gasteiger partial charge on any atom is -0.351 e. The molecule has 0 radical (unpaired) electrons. The van der Waals surface area contributed by atoms with Crippen LogP contribution in [0.5, 0.6) is 0 Å². The molecule has 0 saturated carbocycles. The number of halogens is 1. The minimum atomic E-state index is -0.0260. The van der Waals surface area contributed by atoms with Crippen molar-refractivity contribution in [1.29, 1.82) is 0 Å². The predicted molar refractivity (Wildman–Crippen MR) is 103 cm³/mol. The molecule has 134 valence electrons. The van der Waals surface area contributed by atoms with Crippen molar-refractivity contribution < 1.29 is 4.79 Å². The molecule has 0 unspecified atom stereocenters. The fourth-order valence-corrected chi connectivity index (χ4v) is 4.37. The average molecular weight is 378 g/mol. The van der Waals surface area contributed by atoms with Gasteiger partial charge >= 0.3 is 0 Å². The molecule has 1 fully saturated rings. The van der Waals surface area contributed by atoms with Crippen LogP contribution in [0.15, 0.2) is 24.3 Å². The largest absolute Gasteiger partial charge is 0.351 e. The van der Waals surface area contributed by atoms with Gasteiger partial charge in [0.05, 0.1) is 12.2 Å². The summed E-state index contributed by atoms with van der Waals surface area (Å²) in [4.78, 5) is 20.2. The van der Waals surface area contributed by atoms with Gasteiger partial charge in [-0.2, -0.15) is 0 Å². The number of nitrogens with one attached hydrogen (secondary N) is 1. The zero-order valence-corrected chi connectivity index (χ0v) is 16.1. The first kappa shape index (κ1) is 18.4. The van der Waals surface area contributed by atoms with Gasteiger partial charge in [-0.05, 0) is 57.0 Å². The number of carbonyl (C=O) groups excluding carboxylic acids is 1. The fourth-order valence-electron chi connectivity index (χ4n) is 3.13. The average Bonchev–Trinajstić information content (AvgIpc) is 2.96. The summed E-state index contributed by atoms with van der Waals surface area (Å²) in [5.41, 5.74) is 1.96. The number of carbonyl (C=O) groups is 1. The number of thiazole rings is 1. The van der Waals surface area contributed by atoms with Crippen molar-refractivity contribution in [3.63, 3.8) is 0 Å². The molecule has 2 heterocycles. The molecule has 1 aromatic heterocycles. The van der Waals surface area contributed by atoms with Crippen LogP contribution in [0.2, 0.25) is 5.02 Å². The van der Waals surface area contributed by atoms with E-state index in [4.69, 9.17) is 11.6 Å². The number of aryl methyl sites for hydroxylation is 1. The van der Waals surface area contributed by atoms with Crippen LogP contribution in [0.1, 0.15) is 45.2 Å². The van der Waals surface area contributed by atoms with Crippen LogP contribution in [-0.2, 0) is 13.0 Å². The fraction of sp³-hybridized carbons (Fsp3) is 0.474. The van der Waals surface area contributed by atoms with Crippen LogP contribution in [0, 0.1) is 6.92 Å². The molecule has 2 aromatic rings. The van der Waals surface area contributed by atoms with Gasteiger partial charge in [-0.15, -0.1) is 11.3 Å². The third-order valence-corrected chi connectivity index (χ3v) is 5.82. The van der Waals surface area contributed by atoms with Crippen LogP contribution in [0.4, 0.5) is 0 Å². The lowest BCUT2D eigenvalue weighted by molar-refractivity contribution is 0.0957. The summed E-state index contributed by atoms with van der Waals surface area (Å²) < 4.78 is 0. The van der Waals surface area contributed by atoms with Crippen LogP contribution >= 0.6 is 22.9 Å². The van der Waals surface area contributed by atoms with Crippen LogP contribution in [0.25, 0.3) is 0 Å². The number of likely N-dealkylation sites (tertiary alicyclic amines) is 1. The van der Waals surface area contributed by atoms with Gasteiger partial charge in [0.25, 0.3) is 5.91 Å². The number of benzene rings is 1. The third kappa shape index (κ3) is 5.27. The Labute approximate surface area is 158 Å². The van der Waals surface area contributed by atoms with Gasteiger partial charge in [0, 0.05) is 11.6 Å². The maximum Gasteiger partial charge on any atom is 0.263 e. The molecule has 0 aliphatic carbocycles. The first-order valence-electron chi connectivity index (χ1n) is 8.83. The Balaban J connectivity index is 1.53. The van der Waals surface area contributed by atoms with Gasteiger partial charge in [0.1, 0.15) is 9.88 Å². The van der Waals surface area contributed by atoms with Gasteiger partial charge in [0.15, 0.2) is 0 Å². The maximum atomic E-state index is 12.4. The molecule has 1 N–H and O–H groups in total. The Bertz CT molecular complexity index is 725. The van der Waals surface area contributed by atoms with Gasteiger partial charge in [0.2, 0.25) is 0 Å². The molecule has 0 bridgehead atoms. The molecule has 4 nitrogen and oxygen atoms in total. The second-order valence-corrected chi connectivity index (χ2v) is 8.01. The van der Waals surface area contributed by atoms with E-state index in [0.29, 0.717) is 6.54 Å². The number of amides is 1. The van der Waals surface area contributed by atoms with E-state index < -0.39 is 0 Å². The summed E-state index contributed by atoms with van der Waals surface area (Å²) in [6.45, 7) is 5.65. The summed E-state index contributed by atoms with van der Waals surface area (Å²) in [6.07, 6.45) is 4.63. The summed E-state index contributed by atoms with van der Waals surface area (Å²) >= 11 is 7.51. The Morgan fingerprint density at radius 1 is 1.32 bits per heavy atom. The second kappa shape index (κ2) is 8.79. The van der Waals surface area contributed by atoms with Crippen molar-refractivity contribution in [2.45, 2.75) is 39.2 Å². The van der Waals surface area contributed by atoms with Crippen molar-refractivity contribution in [1.82, 2.24) is 15.2 Å². The SMILES string of the molecule is Cc1nc(CN2CCCCC2)sc1C(=O)NCCc1cccc(Cl)c1. The number of nitrogens with zero attached hydrogens (tertiary/aromatic N) is 2. The van der Waals surface area contributed by atoms with E-state index in [1.54, 1.807) is 0 Å². The van der Waals surface area contributed by atoms with Crippen molar-refractivity contribution >= 4 is 28.8 Å². The normalized spacial score (nSPS) is 15.3. The highest BCUT2D eigenvalue weighted by Crippen LogP contribution is 2.21. The lowest BCUT2D eigenvalue weighted by Gasteiger charge is -2.25. The number of aromatic nitrogens is 1. The van der Waals surface area contributed by atoms with Gasteiger partial charge in [-0.3, -0.25) is 9.69 Å². The van der Waals surface area contributed by atoms with E-state index in [2.05, 4.69) is 15.2 Å². The lowest BCUT2D eigenvalue weighted by Crippen LogP contribution is -2.29. The monoisotopic (exact) mass is 377 g/mol. The standard InChI is InChI=1S/C19H24ClN3OS/c1-14-18(25-17(22-14)13-23-10-3-2-4-11-23)19(24)21-9-8-15-6-5-7-16(20)12-15/h5-7,12H,2-4,8-11,13H2,1H3,(H,21,24). The number of hydrogen-bond acceptors (Lipinski definition) is 4. The molecule has 25 heavy (non-hydrogen) atoms. The van der Waals surface area contributed by atoms with Gasteiger partial charge in [-0.25, -0.2) is 4.98 Å². The molecule has 6 heteroatoms. The van der Waals surface area contributed by atoms with Crippen molar-refractivity contribution in [2.24, 2.45) is 0 Å². The highest BCUT2D eigenvalue weighted by molar-refractivity contribution is 7.13. The zero-order chi connectivity index (χ0) is 17.6. The van der Waals surface area contributed by atoms with Crippen LogP contribution in [-0.4, -0.2) is 35.4 Å². The first-order valence-corrected chi connectivity index (χ1v) is 10.0. The van der Waals surface area contributed by atoms with E-state index in [9.17, 15) is 4.79 Å². The molecule has 0 spiro atoms. The quantitative estimate of drug-likeness (QED) is 0.825. The second-order valence-electron chi connectivity index (χ2n) is 6.49. The van der Waals surface area contributed by atoms with E-state index in [1.165, 1.54) is 30.6 Å². The maximum absolute atomic E-state index is 12.4. The first-order chi connectivity index (χ1) is 12.1. The molecule has 0 atom stereocenters. The summed E-state index contributed by atoms with van der Waals surface area (Å²) in [5, 5.41) is 4.77. The summed E-state index contributed by atoms with van der Waals surface area (Å²) in [5.74, 6) is -0.0260. The van der Waals surface area contributed by atoms with E-state index >= 15 is 0 Å². The Kier molecular flexibility index (Phi) is 6.45. The van der Waals surface area contributed by atoms with E-state index in [1.807, 2.05) is 31.2 Å². The molecule has 3 rings (SSSR count). The van der Waals surface area contributed by atoms with E-state index in [-0.39, 0.29) is 5.91 Å². The van der Waals surface area contributed by atoms with Crippen LogP contribution in [0.3, 0.4) is 0 Å². The third-order valence-electron chi connectivity index (χ3n) is 4.44. The van der Waals surface area contributed by atoms with E-state index in [0.717, 1.165) is 52.2 Å². The molecular weight excluding hydrogens is 354 g/mol. The molecule has 1 aliphatic heterocycles. The van der Waals surface area contributed by atoms with Gasteiger partial charge in [-0.1, -0.05) is 30.2 Å². The van der Waals surface area contributed by atoms with Crippen LogP contribution < -0.4 is 5.32 Å². The zero-order valence-electron chi connectivity index (χ0n) is 14.6. The summed E-state index contributed by atoms with van der Waals surface area (Å²) in [7, 11) is 0. The topological polar surface area (TPSA) is 45.2 Å². The molecule has 1 saturated heterocycles. The lowest BCUT2D eigenvalue weighted by atomic mass is 10.1. The Hall–Kier alpha value is -1.43. The Morgan fingerprint density at radius 2 is 2.12 bits per heavy atom. The molecule has 1 amide bonds. The van der Waals surface area contributed by atoms with Crippen molar-refractivity contribution in [3.05, 3.63) is 50.4 Å².